The molecular formula is C15H13FN6O2S. The van der Waals surface area contributed by atoms with E-state index in [1.54, 1.807) is 23.0 Å². The normalized spacial score (nSPS) is 10.8. The summed E-state index contributed by atoms with van der Waals surface area (Å²) in [6, 6.07) is 5.02. The minimum Gasteiger partial charge on any atom is -0.351 e. The molecule has 2 heterocycles. The Morgan fingerprint density at radius 3 is 2.72 bits per heavy atom. The highest BCUT2D eigenvalue weighted by atomic mass is 32.2. The Morgan fingerprint density at radius 2 is 2.00 bits per heavy atom. The summed E-state index contributed by atoms with van der Waals surface area (Å²) in [6.45, 7) is 0. The number of amides is 3. The van der Waals surface area contributed by atoms with Crippen LogP contribution in [0.25, 0.3) is 16.7 Å². The number of benzene rings is 1. The molecule has 3 rings (SSSR count). The van der Waals surface area contributed by atoms with Crippen molar-refractivity contribution in [3.05, 3.63) is 42.6 Å². The Morgan fingerprint density at radius 1 is 1.24 bits per heavy atom. The lowest BCUT2D eigenvalue weighted by atomic mass is 10.3. The van der Waals surface area contributed by atoms with Gasteiger partial charge in [0, 0.05) is 12.2 Å². The molecule has 0 radical (unpaired) electrons. The van der Waals surface area contributed by atoms with E-state index in [2.05, 4.69) is 15.1 Å². The Kier molecular flexibility index (Phi) is 4.89. The monoisotopic (exact) mass is 360 g/mol. The molecule has 0 aliphatic carbocycles. The van der Waals surface area contributed by atoms with Crippen molar-refractivity contribution in [2.45, 2.75) is 11.4 Å². The van der Waals surface area contributed by atoms with Gasteiger partial charge in [0.25, 0.3) is 0 Å². The summed E-state index contributed by atoms with van der Waals surface area (Å²) in [7, 11) is 0. The fourth-order valence-corrected chi connectivity index (χ4v) is 3.05. The maximum atomic E-state index is 13.1. The number of hydrogen-bond donors (Lipinski definition) is 2. The van der Waals surface area contributed by atoms with Crippen molar-refractivity contribution in [3.63, 3.8) is 0 Å². The van der Waals surface area contributed by atoms with Crippen LogP contribution in [0.2, 0.25) is 0 Å². The number of carbonyl (C=O) groups excluding carboxylic acids is 2. The van der Waals surface area contributed by atoms with Crippen LogP contribution in [0.1, 0.15) is 6.42 Å². The van der Waals surface area contributed by atoms with Gasteiger partial charge in [0.15, 0.2) is 5.65 Å². The van der Waals surface area contributed by atoms with Crippen LogP contribution in [0.4, 0.5) is 9.18 Å². The molecule has 0 unspecified atom stereocenters. The molecule has 0 bridgehead atoms. The van der Waals surface area contributed by atoms with Crippen molar-refractivity contribution in [2.75, 3.05) is 5.75 Å². The highest BCUT2D eigenvalue weighted by molar-refractivity contribution is 7.99. The van der Waals surface area contributed by atoms with E-state index >= 15 is 0 Å². The van der Waals surface area contributed by atoms with E-state index in [4.69, 9.17) is 5.73 Å². The molecule has 0 aliphatic rings. The van der Waals surface area contributed by atoms with E-state index in [1.165, 1.54) is 30.2 Å². The number of fused-ring (bicyclic) bond motifs is 1. The molecule has 0 saturated heterocycles. The number of urea groups is 1. The first kappa shape index (κ1) is 16.8. The number of imide groups is 1. The van der Waals surface area contributed by atoms with Gasteiger partial charge in [-0.15, -0.1) is 11.8 Å². The van der Waals surface area contributed by atoms with Gasteiger partial charge in [0.05, 0.1) is 17.3 Å². The zero-order valence-electron chi connectivity index (χ0n) is 12.8. The Balaban J connectivity index is 1.78. The molecule has 3 N–H and O–H groups in total. The predicted octanol–water partition coefficient (Wildman–Crippen LogP) is 1.63. The van der Waals surface area contributed by atoms with Crippen LogP contribution < -0.4 is 11.1 Å². The van der Waals surface area contributed by atoms with Crippen LogP contribution in [0.5, 0.6) is 0 Å². The molecule has 25 heavy (non-hydrogen) atoms. The van der Waals surface area contributed by atoms with Crippen molar-refractivity contribution >= 4 is 34.7 Å². The van der Waals surface area contributed by atoms with Crippen molar-refractivity contribution in [2.24, 2.45) is 5.73 Å². The van der Waals surface area contributed by atoms with Gasteiger partial charge in [0.2, 0.25) is 5.91 Å². The van der Waals surface area contributed by atoms with E-state index in [-0.39, 0.29) is 12.2 Å². The first-order chi connectivity index (χ1) is 12.0. The molecule has 8 nitrogen and oxygen atoms in total. The molecule has 0 saturated carbocycles. The molecule has 0 atom stereocenters. The summed E-state index contributed by atoms with van der Waals surface area (Å²) in [4.78, 5) is 30.4. The van der Waals surface area contributed by atoms with Crippen LogP contribution in [0.15, 0.2) is 41.8 Å². The second-order valence-corrected chi connectivity index (χ2v) is 6.04. The maximum absolute atomic E-state index is 13.1. The molecule has 0 fully saturated rings. The van der Waals surface area contributed by atoms with Crippen molar-refractivity contribution in [3.8, 4) is 5.69 Å². The second-order valence-electron chi connectivity index (χ2n) is 4.96. The van der Waals surface area contributed by atoms with E-state index in [0.717, 1.165) is 0 Å². The van der Waals surface area contributed by atoms with Crippen molar-refractivity contribution in [1.82, 2.24) is 25.1 Å². The van der Waals surface area contributed by atoms with Gasteiger partial charge in [-0.05, 0) is 24.3 Å². The summed E-state index contributed by atoms with van der Waals surface area (Å²) < 4.78 is 14.7. The number of nitrogens with zero attached hydrogens (tertiary/aromatic N) is 4. The number of rotatable bonds is 5. The van der Waals surface area contributed by atoms with E-state index in [1.807, 2.05) is 5.32 Å². The lowest BCUT2D eigenvalue weighted by molar-refractivity contribution is -0.119. The number of primary amides is 1. The standard InChI is InChI=1S/C15H13FN6O2S/c16-9-1-3-10(4-2-9)22-13-11(7-20-22)14(19-8-18-13)25-6-5-12(23)21-15(17)24/h1-4,7-8H,5-6H2,(H3,17,21,23,24). The second kappa shape index (κ2) is 7.26. The largest absolute Gasteiger partial charge is 0.351 e. The van der Waals surface area contributed by atoms with E-state index in [0.29, 0.717) is 27.5 Å². The number of hydrogen-bond acceptors (Lipinski definition) is 6. The van der Waals surface area contributed by atoms with Gasteiger partial charge < -0.3 is 5.73 Å². The predicted molar refractivity (Wildman–Crippen MR) is 89.7 cm³/mol. The van der Waals surface area contributed by atoms with Crippen LogP contribution in [0.3, 0.4) is 0 Å². The molecule has 0 aliphatic heterocycles. The summed E-state index contributed by atoms with van der Waals surface area (Å²) in [6.07, 6.45) is 3.13. The average molecular weight is 360 g/mol. The van der Waals surface area contributed by atoms with Gasteiger partial charge >= 0.3 is 6.03 Å². The summed E-state index contributed by atoms with van der Waals surface area (Å²) in [5.41, 5.74) is 6.13. The third-order valence-electron chi connectivity index (χ3n) is 3.23. The van der Waals surface area contributed by atoms with Gasteiger partial charge in [0.1, 0.15) is 17.2 Å². The number of nitrogens with one attached hydrogen (secondary N) is 1. The van der Waals surface area contributed by atoms with Gasteiger partial charge in [-0.2, -0.15) is 5.10 Å². The first-order valence-electron chi connectivity index (χ1n) is 7.21. The molecule has 3 amide bonds. The summed E-state index contributed by atoms with van der Waals surface area (Å²) in [5, 5.41) is 7.65. The van der Waals surface area contributed by atoms with Crippen molar-refractivity contribution in [1.29, 1.82) is 0 Å². The molecule has 0 spiro atoms. The van der Waals surface area contributed by atoms with Crippen LogP contribution in [0, 0.1) is 5.82 Å². The average Bonchev–Trinajstić information content (AvgIpc) is 3.00. The SMILES string of the molecule is NC(=O)NC(=O)CCSc1ncnc2c1cnn2-c1ccc(F)cc1. The highest BCUT2D eigenvalue weighted by Gasteiger charge is 2.12. The molecule has 2 aromatic heterocycles. The molecule has 1 aromatic carbocycles. The van der Waals surface area contributed by atoms with Crippen LogP contribution in [-0.4, -0.2) is 37.4 Å². The number of carbonyl (C=O) groups is 2. The minimum absolute atomic E-state index is 0.116. The third-order valence-corrected chi connectivity index (χ3v) is 4.24. The Labute approximate surface area is 145 Å². The van der Waals surface area contributed by atoms with Crippen LogP contribution in [-0.2, 0) is 4.79 Å². The Bertz CT molecular complexity index is 927. The van der Waals surface area contributed by atoms with E-state index in [9.17, 15) is 14.0 Å². The quantitative estimate of drug-likeness (QED) is 0.528. The molecule has 128 valence electrons. The maximum Gasteiger partial charge on any atom is 0.318 e. The fraction of sp³-hybridized carbons (Fsp3) is 0.133. The molecular weight excluding hydrogens is 347 g/mol. The summed E-state index contributed by atoms with van der Waals surface area (Å²) in [5.74, 6) is -0.375. The van der Waals surface area contributed by atoms with Gasteiger partial charge in [-0.25, -0.2) is 23.8 Å². The van der Waals surface area contributed by atoms with Crippen molar-refractivity contribution < 1.29 is 14.0 Å². The summed E-state index contributed by atoms with van der Waals surface area (Å²) >= 11 is 1.34. The molecule has 3 aromatic rings. The number of aromatic nitrogens is 4. The first-order valence-corrected chi connectivity index (χ1v) is 8.20. The van der Waals surface area contributed by atoms with E-state index < -0.39 is 11.9 Å². The number of nitrogens with two attached hydrogens (primary N) is 1. The topological polar surface area (TPSA) is 116 Å². The molecule has 10 heteroatoms. The third kappa shape index (κ3) is 3.91. The smallest absolute Gasteiger partial charge is 0.318 e. The fourth-order valence-electron chi connectivity index (χ4n) is 2.15. The van der Waals surface area contributed by atoms with Gasteiger partial charge in [-0.1, -0.05) is 0 Å². The minimum atomic E-state index is -0.875. The lowest BCUT2D eigenvalue weighted by Gasteiger charge is -2.04. The van der Waals surface area contributed by atoms with Gasteiger partial charge in [-0.3, -0.25) is 10.1 Å². The van der Waals surface area contributed by atoms with Crippen LogP contribution >= 0.6 is 11.8 Å². The Hall–Kier alpha value is -3.01. The highest BCUT2D eigenvalue weighted by Crippen LogP contribution is 2.26. The zero-order valence-corrected chi connectivity index (χ0v) is 13.7. The zero-order chi connectivity index (χ0) is 17.8. The lowest BCUT2D eigenvalue weighted by Crippen LogP contribution is -2.35. The number of halogens is 1. The number of thioether (sulfide) groups is 1.